The molecular formula is C14H20N4O2. The van der Waals surface area contributed by atoms with Gasteiger partial charge in [0.15, 0.2) is 0 Å². The van der Waals surface area contributed by atoms with E-state index < -0.39 is 0 Å². The summed E-state index contributed by atoms with van der Waals surface area (Å²) < 4.78 is 5.29. The summed E-state index contributed by atoms with van der Waals surface area (Å²) >= 11 is 0. The smallest absolute Gasteiger partial charge is 0.228 e. The van der Waals surface area contributed by atoms with Crippen LogP contribution in [0.25, 0.3) is 0 Å². The minimum atomic E-state index is 0.0692. The van der Waals surface area contributed by atoms with Gasteiger partial charge in [0.25, 0.3) is 0 Å². The molecule has 1 unspecified atom stereocenters. The van der Waals surface area contributed by atoms with Crippen molar-refractivity contribution in [2.75, 3.05) is 50.0 Å². The maximum Gasteiger partial charge on any atom is 0.228 e. The molecule has 1 atom stereocenters. The van der Waals surface area contributed by atoms with Crippen LogP contribution in [-0.2, 0) is 9.53 Å². The van der Waals surface area contributed by atoms with E-state index in [1.54, 1.807) is 6.20 Å². The fourth-order valence-electron chi connectivity index (χ4n) is 2.76. The van der Waals surface area contributed by atoms with Crippen molar-refractivity contribution in [1.29, 1.82) is 0 Å². The summed E-state index contributed by atoms with van der Waals surface area (Å²) in [6.45, 7) is 4.50. The number of carbonyl (C=O) groups excluding carboxylic acids is 1. The Balaban J connectivity index is 1.56. The van der Waals surface area contributed by atoms with Crippen molar-refractivity contribution >= 4 is 17.4 Å². The van der Waals surface area contributed by atoms with Gasteiger partial charge in [-0.3, -0.25) is 4.79 Å². The predicted octanol–water partition coefficient (Wildman–Crippen LogP) is 0.349. The number of amides is 1. The number of anilines is 2. The molecule has 2 aliphatic rings. The number of ether oxygens (including phenoxy) is 1. The van der Waals surface area contributed by atoms with E-state index in [0.717, 1.165) is 38.3 Å². The van der Waals surface area contributed by atoms with Gasteiger partial charge in [-0.1, -0.05) is 0 Å². The van der Waals surface area contributed by atoms with Gasteiger partial charge in [-0.2, -0.15) is 0 Å². The van der Waals surface area contributed by atoms with Gasteiger partial charge < -0.3 is 20.3 Å². The molecule has 3 rings (SSSR count). The van der Waals surface area contributed by atoms with Gasteiger partial charge in [-0.15, -0.1) is 0 Å². The van der Waals surface area contributed by atoms with Crippen LogP contribution in [0.15, 0.2) is 18.3 Å². The largest absolute Gasteiger partial charge is 0.384 e. The molecule has 108 valence electrons. The Morgan fingerprint density at radius 2 is 2.10 bits per heavy atom. The summed E-state index contributed by atoms with van der Waals surface area (Å²) in [6.07, 6.45) is 2.65. The van der Waals surface area contributed by atoms with E-state index in [9.17, 15) is 4.79 Å². The summed E-state index contributed by atoms with van der Waals surface area (Å²) in [5, 5.41) is 0. The highest BCUT2D eigenvalue weighted by molar-refractivity contribution is 5.79. The second-order valence-electron chi connectivity index (χ2n) is 5.31. The zero-order valence-corrected chi connectivity index (χ0v) is 11.5. The van der Waals surface area contributed by atoms with Crippen LogP contribution in [0, 0.1) is 5.92 Å². The predicted molar refractivity (Wildman–Crippen MR) is 76.4 cm³/mol. The number of hydrogen-bond acceptors (Lipinski definition) is 5. The molecule has 2 aliphatic heterocycles. The van der Waals surface area contributed by atoms with Crippen LogP contribution in [-0.4, -0.2) is 55.2 Å². The lowest BCUT2D eigenvalue weighted by molar-refractivity contribution is -0.135. The molecule has 0 bridgehead atoms. The van der Waals surface area contributed by atoms with Crippen LogP contribution in [0.4, 0.5) is 11.5 Å². The van der Waals surface area contributed by atoms with Crippen LogP contribution in [0.1, 0.15) is 6.42 Å². The van der Waals surface area contributed by atoms with E-state index in [0.29, 0.717) is 19.0 Å². The number of nitrogens with zero attached hydrogens (tertiary/aromatic N) is 3. The third-order valence-electron chi connectivity index (χ3n) is 4.01. The molecule has 2 fully saturated rings. The molecule has 1 amide bonds. The number of nitrogen functional groups attached to an aromatic ring is 1. The van der Waals surface area contributed by atoms with E-state index in [2.05, 4.69) is 9.88 Å². The summed E-state index contributed by atoms with van der Waals surface area (Å²) in [5.41, 5.74) is 6.66. The third-order valence-corrected chi connectivity index (χ3v) is 4.01. The molecule has 0 aromatic carbocycles. The normalized spacial score (nSPS) is 23.1. The average molecular weight is 276 g/mol. The van der Waals surface area contributed by atoms with Gasteiger partial charge in [0.1, 0.15) is 5.82 Å². The number of piperazine rings is 1. The van der Waals surface area contributed by atoms with Crippen LogP contribution < -0.4 is 10.6 Å². The van der Waals surface area contributed by atoms with Crippen molar-refractivity contribution in [3.05, 3.63) is 18.3 Å². The Hall–Kier alpha value is -1.82. The summed E-state index contributed by atoms with van der Waals surface area (Å²) in [4.78, 5) is 20.6. The quantitative estimate of drug-likeness (QED) is 0.844. The highest BCUT2D eigenvalue weighted by Gasteiger charge is 2.30. The monoisotopic (exact) mass is 276 g/mol. The maximum absolute atomic E-state index is 12.3. The van der Waals surface area contributed by atoms with Crippen molar-refractivity contribution in [3.63, 3.8) is 0 Å². The first-order valence-electron chi connectivity index (χ1n) is 7.07. The van der Waals surface area contributed by atoms with Gasteiger partial charge in [0.2, 0.25) is 5.91 Å². The summed E-state index contributed by atoms with van der Waals surface area (Å²) in [7, 11) is 0. The van der Waals surface area contributed by atoms with E-state index in [1.165, 1.54) is 0 Å². The zero-order chi connectivity index (χ0) is 13.9. The minimum Gasteiger partial charge on any atom is -0.384 e. The van der Waals surface area contributed by atoms with Crippen LogP contribution in [0.2, 0.25) is 0 Å². The standard InChI is InChI=1S/C14H20N4O2/c15-13-2-1-12(9-16-13)17-4-6-18(7-5-17)14(19)11-3-8-20-10-11/h1-2,9,11H,3-8,10H2,(H2,15,16). The molecule has 1 aromatic heterocycles. The number of rotatable bonds is 2. The highest BCUT2D eigenvalue weighted by atomic mass is 16.5. The number of hydrogen-bond donors (Lipinski definition) is 1. The molecular weight excluding hydrogens is 256 g/mol. The van der Waals surface area contributed by atoms with Gasteiger partial charge in [0, 0.05) is 32.8 Å². The Kier molecular flexibility index (Phi) is 3.73. The first-order chi connectivity index (χ1) is 9.74. The fourth-order valence-corrected chi connectivity index (χ4v) is 2.76. The molecule has 1 aromatic rings. The second-order valence-corrected chi connectivity index (χ2v) is 5.31. The molecule has 0 saturated carbocycles. The molecule has 20 heavy (non-hydrogen) atoms. The lowest BCUT2D eigenvalue weighted by Gasteiger charge is -2.36. The van der Waals surface area contributed by atoms with E-state index in [4.69, 9.17) is 10.5 Å². The first kappa shape index (κ1) is 13.2. The Bertz CT molecular complexity index is 463. The van der Waals surface area contributed by atoms with Gasteiger partial charge in [-0.05, 0) is 18.6 Å². The minimum absolute atomic E-state index is 0.0692. The first-order valence-corrected chi connectivity index (χ1v) is 7.07. The van der Waals surface area contributed by atoms with E-state index in [1.807, 2.05) is 17.0 Å². The van der Waals surface area contributed by atoms with Crippen molar-refractivity contribution in [1.82, 2.24) is 9.88 Å². The molecule has 0 aliphatic carbocycles. The van der Waals surface area contributed by atoms with Gasteiger partial charge in [0.05, 0.1) is 24.4 Å². The summed E-state index contributed by atoms with van der Waals surface area (Å²) in [5.74, 6) is 0.848. The molecule has 6 nitrogen and oxygen atoms in total. The van der Waals surface area contributed by atoms with Crippen LogP contribution in [0.5, 0.6) is 0 Å². The van der Waals surface area contributed by atoms with Gasteiger partial charge in [-0.25, -0.2) is 4.98 Å². The van der Waals surface area contributed by atoms with Crippen LogP contribution in [0.3, 0.4) is 0 Å². The SMILES string of the molecule is Nc1ccc(N2CCN(C(=O)C3CCOC3)CC2)cn1. The molecule has 0 radical (unpaired) electrons. The fraction of sp³-hybridized carbons (Fsp3) is 0.571. The third kappa shape index (κ3) is 2.70. The highest BCUT2D eigenvalue weighted by Crippen LogP contribution is 2.19. The topological polar surface area (TPSA) is 71.7 Å². The Morgan fingerprint density at radius 1 is 1.30 bits per heavy atom. The van der Waals surface area contributed by atoms with Crippen molar-refractivity contribution in [3.8, 4) is 0 Å². The average Bonchev–Trinajstić information content (AvgIpc) is 3.02. The number of nitrogens with two attached hydrogens (primary N) is 1. The lowest BCUT2D eigenvalue weighted by Crippen LogP contribution is -2.50. The van der Waals surface area contributed by atoms with Crippen molar-refractivity contribution < 1.29 is 9.53 Å². The maximum atomic E-state index is 12.3. The number of carbonyl (C=O) groups is 1. The Morgan fingerprint density at radius 3 is 2.70 bits per heavy atom. The van der Waals surface area contributed by atoms with Crippen LogP contribution >= 0.6 is 0 Å². The number of aromatic nitrogens is 1. The second kappa shape index (κ2) is 5.66. The molecule has 3 heterocycles. The molecule has 2 saturated heterocycles. The molecule has 2 N–H and O–H groups in total. The van der Waals surface area contributed by atoms with E-state index >= 15 is 0 Å². The Labute approximate surface area is 118 Å². The summed E-state index contributed by atoms with van der Waals surface area (Å²) in [6, 6.07) is 3.79. The molecule has 0 spiro atoms. The van der Waals surface area contributed by atoms with Crippen molar-refractivity contribution in [2.24, 2.45) is 5.92 Å². The molecule has 6 heteroatoms. The van der Waals surface area contributed by atoms with Gasteiger partial charge >= 0.3 is 0 Å². The zero-order valence-electron chi connectivity index (χ0n) is 11.5. The lowest BCUT2D eigenvalue weighted by atomic mass is 10.1. The van der Waals surface area contributed by atoms with E-state index in [-0.39, 0.29) is 11.8 Å². The van der Waals surface area contributed by atoms with Crippen molar-refractivity contribution in [2.45, 2.75) is 6.42 Å². The number of pyridine rings is 1.